The van der Waals surface area contributed by atoms with Gasteiger partial charge >= 0.3 is 5.97 Å². The van der Waals surface area contributed by atoms with Gasteiger partial charge in [-0.15, -0.1) is 0 Å². The number of carbonyl (C=O) groups excluding carboxylic acids is 1. The summed E-state index contributed by atoms with van der Waals surface area (Å²) in [7, 11) is 0. The fourth-order valence-corrected chi connectivity index (χ4v) is 1.69. The van der Waals surface area contributed by atoms with Gasteiger partial charge < -0.3 is 15.3 Å². The number of hydrogen-bond donors (Lipinski definition) is 2. The van der Waals surface area contributed by atoms with Gasteiger partial charge in [0.15, 0.2) is 0 Å². The molecule has 1 amide bonds. The second-order valence-electron chi connectivity index (χ2n) is 4.42. The number of carboxylic acids is 1. The summed E-state index contributed by atoms with van der Waals surface area (Å²) in [6.07, 6.45) is 1.52. The van der Waals surface area contributed by atoms with Gasteiger partial charge in [-0.1, -0.05) is 0 Å². The SMILES string of the molecule is CCN(CC(=O)NC(C)C)c1ncccc1C(=O)O. The average Bonchev–Trinajstić information content (AvgIpc) is 2.35. The number of pyridine rings is 1. The van der Waals surface area contributed by atoms with Gasteiger partial charge in [-0.25, -0.2) is 9.78 Å². The molecule has 0 saturated heterocycles. The molecule has 0 aromatic carbocycles. The van der Waals surface area contributed by atoms with Gasteiger partial charge in [-0.05, 0) is 32.9 Å². The van der Waals surface area contributed by atoms with Crippen LogP contribution in [-0.4, -0.2) is 41.1 Å². The van der Waals surface area contributed by atoms with E-state index in [4.69, 9.17) is 5.11 Å². The van der Waals surface area contributed by atoms with Crippen LogP contribution in [0.25, 0.3) is 0 Å². The number of likely N-dealkylation sites (N-methyl/N-ethyl adjacent to an activating group) is 1. The van der Waals surface area contributed by atoms with Crippen LogP contribution in [0.4, 0.5) is 5.82 Å². The van der Waals surface area contributed by atoms with Crippen LogP contribution in [0.3, 0.4) is 0 Å². The Balaban J connectivity index is 2.91. The summed E-state index contributed by atoms with van der Waals surface area (Å²) in [6, 6.07) is 3.09. The van der Waals surface area contributed by atoms with E-state index in [1.165, 1.54) is 12.3 Å². The van der Waals surface area contributed by atoms with E-state index in [2.05, 4.69) is 10.3 Å². The minimum atomic E-state index is -1.05. The number of carboxylic acid groups (broad SMARTS) is 1. The zero-order valence-electron chi connectivity index (χ0n) is 11.4. The fraction of sp³-hybridized carbons (Fsp3) is 0.462. The molecule has 1 rings (SSSR count). The van der Waals surface area contributed by atoms with Crippen LogP contribution in [0.5, 0.6) is 0 Å². The first kappa shape index (κ1) is 14.9. The molecule has 0 unspecified atom stereocenters. The number of aromatic carboxylic acids is 1. The van der Waals surface area contributed by atoms with Gasteiger partial charge in [0, 0.05) is 18.8 Å². The van der Waals surface area contributed by atoms with E-state index in [9.17, 15) is 9.59 Å². The molecule has 19 heavy (non-hydrogen) atoms. The van der Waals surface area contributed by atoms with Crippen LogP contribution in [0.2, 0.25) is 0 Å². The topological polar surface area (TPSA) is 82.5 Å². The lowest BCUT2D eigenvalue weighted by Gasteiger charge is -2.23. The van der Waals surface area contributed by atoms with Crippen molar-refractivity contribution in [1.29, 1.82) is 0 Å². The van der Waals surface area contributed by atoms with Crippen molar-refractivity contribution in [3.8, 4) is 0 Å². The Labute approximate surface area is 112 Å². The van der Waals surface area contributed by atoms with Gasteiger partial charge in [0.2, 0.25) is 5.91 Å². The Bertz CT molecular complexity index is 460. The first-order valence-corrected chi connectivity index (χ1v) is 6.18. The summed E-state index contributed by atoms with van der Waals surface area (Å²) in [5, 5.41) is 11.9. The fourth-order valence-electron chi connectivity index (χ4n) is 1.69. The highest BCUT2D eigenvalue weighted by molar-refractivity contribution is 5.94. The smallest absolute Gasteiger partial charge is 0.339 e. The Morgan fingerprint density at radius 3 is 2.68 bits per heavy atom. The van der Waals surface area contributed by atoms with E-state index >= 15 is 0 Å². The van der Waals surface area contributed by atoms with Crippen molar-refractivity contribution in [1.82, 2.24) is 10.3 Å². The standard InChI is InChI=1S/C13H19N3O3/c1-4-16(8-11(17)15-9(2)3)12-10(13(18)19)6-5-7-14-12/h5-7,9H,4,8H2,1-3H3,(H,15,17)(H,18,19). The van der Waals surface area contributed by atoms with Crippen molar-refractivity contribution in [3.05, 3.63) is 23.9 Å². The predicted octanol–water partition coefficient (Wildman–Crippen LogP) is 1.13. The van der Waals surface area contributed by atoms with Crippen molar-refractivity contribution in [2.75, 3.05) is 18.0 Å². The third-order valence-corrected chi connectivity index (χ3v) is 2.48. The quantitative estimate of drug-likeness (QED) is 0.805. The normalized spacial score (nSPS) is 10.3. The molecule has 2 N–H and O–H groups in total. The molecule has 1 heterocycles. The van der Waals surface area contributed by atoms with Crippen LogP contribution in [0.15, 0.2) is 18.3 Å². The zero-order valence-corrected chi connectivity index (χ0v) is 11.4. The monoisotopic (exact) mass is 265 g/mol. The Kier molecular flexibility index (Phi) is 5.29. The van der Waals surface area contributed by atoms with E-state index < -0.39 is 5.97 Å². The Hall–Kier alpha value is -2.11. The highest BCUT2D eigenvalue weighted by Crippen LogP contribution is 2.16. The number of aromatic nitrogens is 1. The van der Waals surface area contributed by atoms with Gasteiger partial charge in [-0.2, -0.15) is 0 Å². The van der Waals surface area contributed by atoms with E-state index in [1.54, 1.807) is 11.0 Å². The average molecular weight is 265 g/mol. The third-order valence-electron chi connectivity index (χ3n) is 2.48. The maximum atomic E-state index is 11.7. The molecule has 0 aliphatic rings. The highest BCUT2D eigenvalue weighted by atomic mass is 16.4. The lowest BCUT2D eigenvalue weighted by molar-refractivity contribution is -0.120. The summed E-state index contributed by atoms with van der Waals surface area (Å²) in [5.41, 5.74) is 0.0988. The molecule has 1 aromatic rings. The second kappa shape index (κ2) is 6.72. The van der Waals surface area contributed by atoms with Crippen molar-refractivity contribution in [2.45, 2.75) is 26.8 Å². The van der Waals surface area contributed by atoms with Crippen molar-refractivity contribution >= 4 is 17.7 Å². The molecule has 6 heteroatoms. The maximum absolute atomic E-state index is 11.7. The number of nitrogens with one attached hydrogen (secondary N) is 1. The lowest BCUT2D eigenvalue weighted by atomic mass is 10.2. The Morgan fingerprint density at radius 2 is 2.16 bits per heavy atom. The first-order chi connectivity index (χ1) is 8.95. The molecule has 0 radical (unpaired) electrons. The van der Waals surface area contributed by atoms with Crippen LogP contribution in [0.1, 0.15) is 31.1 Å². The number of amides is 1. The van der Waals surface area contributed by atoms with E-state index in [1.807, 2.05) is 20.8 Å². The summed E-state index contributed by atoms with van der Waals surface area (Å²) < 4.78 is 0. The van der Waals surface area contributed by atoms with E-state index in [0.717, 1.165) is 0 Å². The van der Waals surface area contributed by atoms with Crippen molar-refractivity contribution in [3.63, 3.8) is 0 Å². The third kappa shape index (κ3) is 4.24. The molecule has 0 bridgehead atoms. The molecule has 0 spiro atoms. The van der Waals surface area contributed by atoms with Gasteiger partial charge in [-0.3, -0.25) is 4.79 Å². The largest absolute Gasteiger partial charge is 0.478 e. The molecule has 0 aliphatic heterocycles. The summed E-state index contributed by atoms with van der Waals surface area (Å²) >= 11 is 0. The van der Waals surface area contributed by atoms with Crippen LogP contribution in [-0.2, 0) is 4.79 Å². The van der Waals surface area contributed by atoms with Crippen molar-refractivity contribution < 1.29 is 14.7 Å². The minimum Gasteiger partial charge on any atom is -0.478 e. The molecular weight excluding hydrogens is 246 g/mol. The predicted molar refractivity (Wildman–Crippen MR) is 72.4 cm³/mol. The molecule has 6 nitrogen and oxygen atoms in total. The highest BCUT2D eigenvalue weighted by Gasteiger charge is 2.18. The maximum Gasteiger partial charge on any atom is 0.339 e. The lowest BCUT2D eigenvalue weighted by Crippen LogP contribution is -2.40. The molecule has 0 fully saturated rings. The summed E-state index contributed by atoms with van der Waals surface area (Å²) in [5.74, 6) is -0.888. The molecular formula is C13H19N3O3. The number of anilines is 1. The molecule has 0 aliphatic carbocycles. The molecule has 1 aromatic heterocycles. The van der Waals surface area contributed by atoms with Gasteiger partial charge in [0.25, 0.3) is 0 Å². The van der Waals surface area contributed by atoms with Gasteiger partial charge in [0.05, 0.1) is 6.54 Å². The molecule has 0 atom stereocenters. The Morgan fingerprint density at radius 1 is 1.47 bits per heavy atom. The molecule has 104 valence electrons. The number of rotatable bonds is 6. The first-order valence-electron chi connectivity index (χ1n) is 6.18. The van der Waals surface area contributed by atoms with Gasteiger partial charge in [0.1, 0.15) is 11.4 Å². The van der Waals surface area contributed by atoms with Crippen LogP contribution in [0, 0.1) is 0 Å². The number of nitrogens with zero attached hydrogens (tertiary/aromatic N) is 2. The van der Waals surface area contributed by atoms with Crippen molar-refractivity contribution in [2.24, 2.45) is 0 Å². The number of hydrogen-bond acceptors (Lipinski definition) is 4. The number of carbonyl (C=O) groups is 2. The zero-order chi connectivity index (χ0) is 14.4. The second-order valence-corrected chi connectivity index (χ2v) is 4.42. The van der Waals surface area contributed by atoms with Crippen LogP contribution < -0.4 is 10.2 Å². The van der Waals surface area contributed by atoms with E-state index in [0.29, 0.717) is 12.4 Å². The van der Waals surface area contributed by atoms with Crippen LogP contribution >= 0.6 is 0 Å². The molecule has 0 saturated carbocycles. The van der Waals surface area contributed by atoms with E-state index in [-0.39, 0.29) is 24.1 Å². The summed E-state index contributed by atoms with van der Waals surface area (Å²) in [4.78, 5) is 28.6. The summed E-state index contributed by atoms with van der Waals surface area (Å²) in [6.45, 7) is 6.19. The minimum absolute atomic E-state index is 0.0499.